The van der Waals surface area contributed by atoms with Gasteiger partial charge in [0.15, 0.2) is 0 Å². The summed E-state index contributed by atoms with van der Waals surface area (Å²) in [5.41, 5.74) is 1.97. The Balaban J connectivity index is 0.00000288. The van der Waals surface area contributed by atoms with E-state index in [2.05, 4.69) is 64.7 Å². The molecule has 2 rings (SSSR count). The molecule has 0 aliphatic heterocycles. The summed E-state index contributed by atoms with van der Waals surface area (Å²) in [7, 11) is 6.62. The lowest BCUT2D eigenvalue weighted by molar-refractivity contribution is -0.868. The lowest BCUT2D eigenvalue weighted by atomic mass is 10.2. The first-order chi connectivity index (χ1) is 10.9. The average molecular weight is 434 g/mol. The van der Waals surface area contributed by atoms with Crippen LogP contribution >= 0.6 is 23.1 Å². The van der Waals surface area contributed by atoms with Crippen LogP contribution in [0.3, 0.4) is 0 Å². The Morgan fingerprint density at radius 1 is 1.17 bits per heavy atom. The quantitative estimate of drug-likeness (QED) is 0.486. The van der Waals surface area contributed by atoms with Gasteiger partial charge in [-0.15, -0.1) is 10.2 Å². The third-order valence-electron chi connectivity index (χ3n) is 3.28. The lowest BCUT2D eigenvalue weighted by Crippen LogP contribution is -3.00. The summed E-state index contributed by atoms with van der Waals surface area (Å²) in [6, 6.07) is 8.05. The maximum atomic E-state index is 5.66. The molecule has 0 saturated carbocycles. The molecule has 132 valence electrons. The molecule has 9 heteroatoms. The van der Waals surface area contributed by atoms with E-state index in [0.29, 0.717) is 5.13 Å². The van der Waals surface area contributed by atoms with Crippen molar-refractivity contribution in [1.29, 1.82) is 0 Å². The van der Waals surface area contributed by atoms with E-state index >= 15 is 0 Å². The van der Waals surface area contributed by atoms with E-state index in [1.54, 1.807) is 0 Å². The number of benzene rings is 1. The smallest absolute Gasteiger partial charge is 0.250 e. The molecule has 0 amide bonds. The monoisotopic (exact) mass is 432 g/mol. The van der Waals surface area contributed by atoms with Gasteiger partial charge in [0.25, 0.3) is 0 Å². The molecule has 0 spiro atoms. The molecule has 0 aliphatic rings. The summed E-state index contributed by atoms with van der Waals surface area (Å²) in [4.78, 5) is 6.29. The first-order valence-corrected chi connectivity index (χ1v) is 8.59. The van der Waals surface area contributed by atoms with Gasteiger partial charge in [-0.25, -0.2) is 0 Å². The van der Waals surface area contributed by atoms with Gasteiger partial charge in [0, 0.05) is 23.8 Å². The normalized spacial score (nSPS) is 11.5. The van der Waals surface area contributed by atoms with Crippen LogP contribution in [0, 0.1) is 0 Å². The van der Waals surface area contributed by atoms with Crippen molar-refractivity contribution < 1.29 is 21.5 Å². The third-order valence-corrected chi connectivity index (χ3v) is 4.15. The second-order valence-corrected chi connectivity index (χ2v) is 7.22. The molecule has 0 aliphatic carbocycles. The van der Waals surface area contributed by atoms with E-state index in [1.807, 2.05) is 12.1 Å². The standard InChI is InChI=1S/C15H22ClN6S.BrH/c1-5-21(10-11-22(2,3)4)13-8-6-12(7-9-13)18-19-15-17-14(16)20-23-15;/h6-9H,5,10-11H2,1-4H3;1H/q+1;/p-1. The Bertz CT molecular complexity index is 653. The number of anilines is 1. The molecule has 1 aromatic heterocycles. The summed E-state index contributed by atoms with van der Waals surface area (Å²) < 4.78 is 4.80. The molecule has 0 atom stereocenters. The highest BCUT2D eigenvalue weighted by molar-refractivity contribution is 7.09. The molecule has 0 N–H and O–H groups in total. The highest BCUT2D eigenvalue weighted by Gasteiger charge is 2.11. The van der Waals surface area contributed by atoms with Crippen LogP contribution in [0.25, 0.3) is 0 Å². The Kier molecular flexibility index (Phi) is 8.21. The van der Waals surface area contributed by atoms with Gasteiger partial charge in [0.05, 0.1) is 39.9 Å². The van der Waals surface area contributed by atoms with Crippen LogP contribution < -0.4 is 21.9 Å². The van der Waals surface area contributed by atoms with E-state index in [0.717, 1.165) is 41.3 Å². The van der Waals surface area contributed by atoms with E-state index in [1.165, 1.54) is 5.69 Å². The Labute approximate surface area is 162 Å². The molecule has 6 nitrogen and oxygen atoms in total. The van der Waals surface area contributed by atoms with Crippen LogP contribution in [0.5, 0.6) is 0 Å². The van der Waals surface area contributed by atoms with Gasteiger partial charge in [-0.05, 0) is 42.8 Å². The number of halogens is 2. The van der Waals surface area contributed by atoms with Crippen LogP contribution in [0.15, 0.2) is 34.5 Å². The van der Waals surface area contributed by atoms with E-state index in [-0.39, 0.29) is 22.3 Å². The van der Waals surface area contributed by atoms with Crippen molar-refractivity contribution in [3.63, 3.8) is 0 Å². The van der Waals surface area contributed by atoms with Gasteiger partial charge in [0.2, 0.25) is 10.4 Å². The van der Waals surface area contributed by atoms with Gasteiger partial charge in [-0.1, -0.05) is 0 Å². The number of rotatable bonds is 7. The summed E-state index contributed by atoms with van der Waals surface area (Å²) in [5, 5.41) is 8.84. The Morgan fingerprint density at radius 3 is 2.33 bits per heavy atom. The molecule has 1 heterocycles. The lowest BCUT2D eigenvalue weighted by Gasteiger charge is -2.29. The number of nitrogens with zero attached hydrogens (tertiary/aromatic N) is 6. The summed E-state index contributed by atoms with van der Waals surface area (Å²) in [5.74, 6) is 0. The third kappa shape index (κ3) is 6.80. The van der Waals surface area contributed by atoms with Crippen molar-refractivity contribution in [1.82, 2.24) is 9.36 Å². The van der Waals surface area contributed by atoms with Crippen LogP contribution in [0.2, 0.25) is 5.28 Å². The zero-order chi connectivity index (χ0) is 16.9. The molecule has 0 radical (unpaired) electrons. The first kappa shape index (κ1) is 21.0. The number of likely N-dealkylation sites (N-methyl/N-ethyl adjacent to an activating group) is 2. The van der Waals surface area contributed by atoms with Crippen molar-refractivity contribution >= 4 is 39.6 Å². The second-order valence-electron chi connectivity index (χ2n) is 6.16. The van der Waals surface area contributed by atoms with Gasteiger partial charge in [0.1, 0.15) is 0 Å². The van der Waals surface area contributed by atoms with Gasteiger partial charge in [-0.2, -0.15) is 9.36 Å². The number of aromatic nitrogens is 2. The van der Waals surface area contributed by atoms with Crippen molar-refractivity contribution in [3.05, 3.63) is 29.5 Å². The molecular weight excluding hydrogens is 412 g/mol. The predicted octanol–water partition coefficient (Wildman–Crippen LogP) is 1.14. The first-order valence-electron chi connectivity index (χ1n) is 7.44. The van der Waals surface area contributed by atoms with Crippen molar-refractivity contribution in [3.8, 4) is 0 Å². The van der Waals surface area contributed by atoms with E-state index in [4.69, 9.17) is 11.6 Å². The molecule has 0 bridgehead atoms. The minimum Gasteiger partial charge on any atom is -1.00 e. The SMILES string of the molecule is CCN(CC[N+](C)(C)C)c1ccc(N=Nc2nc(Cl)ns2)cc1.[Br-]. The maximum Gasteiger partial charge on any atom is 0.250 e. The zero-order valence-electron chi connectivity index (χ0n) is 14.3. The van der Waals surface area contributed by atoms with Crippen molar-refractivity contribution in [2.45, 2.75) is 6.92 Å². The fraction of sp³-hybridized carbons (Fsp3) is 0.467. The highest BCUT2D eigenvalue weighted by Crippen LogP contribution is 2.23. The summed E-state index contributed by atoms with van der Waals surface area (Å²) in [6.07, 6.45) is 0. The number of quaternary nitrogens is 1. The minimum absolute atomic E-state index is 0. The minimum atomic E-state index is 0. The number of hydrogen-bond donors (Lipinski definition) is 0. The Morgan fingerprint density at radius 2 is 1.83 bits per heavy atom. The van der Waals surface area contributed by atoms with Crippen molar-refractivity contribution in [2.75, 3.05) is 45.7 Å². The average Bonchev–Trinajstić information content (AvgIpc) is 2.91. The van der Waals surface area contributed by atoms with Gasteiger partial charge in [-0.3, -0.25) is 0 Å². The highest BCUT2D eigenvalue weighted by atomic mass is 79.9. The van der Waals surface area contributed by atoms with Crippen LogP contribution in [0.1, 0.15) is 6.92 Å². The van der Waals surface area contributed by atoms with Crippen LogP contribution in [-0.2, 0) is 0 Å². The molecule has 1 aromatic carbocycles. The largest absolute Gasteiger partial charge is 1.00 e. The number of azo groups is 1. The van der Waals surface area contributed by atoms with Crippen LogP contribution in [0.4, 0.5) is 16.5 Å². The van der Waals surface area contributed by atoms with E-state index in [9.17, 15) is 0 Å². The summed E-state index contributed by atoms with van der Waals surface area (Å²) >= 11 is 6.78. The predicted molar refractivity (Wildman–Crippen MR) is 96.3 cm³/mol. The fourth-order valence-electron chi connectivity index (χ4n) is 1.96. The fourth-order valence-corrected chi connectivity index (χ4v) is 2.60. The molecule has 2 aromatic rings. The number of hydrogen-bond acceptors (Lipinski definition) is 6. The Hall–Kier alpha value is -1.09. The van der Waals surface area contributed by atoms with Crippen molar-refractivity contribution in [2.24, 2.45) is 10.2 Å². The topological polar surface area (TPSA) is 53.7 Å². The summed E-state index contributed by atoms with van der Waals surface area (Å²) in [6.45, 7) is 5.25. The van der Waals surface area contributed by atoms with E-state index < -0.39 is 0 Å². The molecule has 0 fully saturated rings. The molecule has 0 unspecified atom stereocenters. The molecule has 0 saturated heterocycles. The molecular formula is C15H22BrClN6S. The van der Waals surface area contributed by atoms with Gasteiger partial charge < -0.3 is 26.4 Å². The second kappa shape index (κ2) is 9.41. The van der Waals surface area contributed by atoms with Gasteiger partial charge >= 0.3 is 0 Å². The van der Waals surface area contributed by atoms with Crippen LogP contribution in [-0.4, -0.2) is 54.6 Å². The zero-order valence-corrected chi connectivity index (χ0v) is 17.4. The maximum absolute atomic E-state index is 5.66. The molecule has 24 heavy (non-hydrogen) atoms.